The fraction of sp³-hybridized carbons (Fsp3) is 0.714. The van der Waals surface area contributed by atoms with Crippen LogP contribution < -0.4 is 0 Å². The monoisotopic (exact) mass is 288 g/mol. The van der Waals surface area contributed by atoms with Crippen LogP contribution in [0.5, 0.6) is 0 Å². The highest BCUT2D eigenvalue weighted by atomic mass is 14.5. The molecule has 0 heterocycles. The van der Waals surface area contributed by atoms with Crippen molar-refractivity contribution in [2.75, 3.05) is 0 Å². The van der Waals surface area contributed by atoms with Gasteiger partial charge in [0.25, 0.3) is 0 Å². The van der Waals surface area contributed by atoms with Gasteiger partial charge in [0.1, 0.15) is 0 Å². The molecule has 0 N–H and O–H groups in total. The van der Waals surface area contributed by atoms with Crippen LogP contribution in [0.1, 0.15) is 69.2 Å². The van der Waals surface area contributed by atoms with Crippen LogP contribution in [0.4, 0.5) is 0 Å². The fourth-order valence-electron chi connectivity index (χ4n) is 2.80. The van der Waals surface area contributed by atoms with Crippen molar-refractivity contribution in [2.24, 2.45) is 27.1 Å². The zero-order chi connectivity index (χ0) is 16.9. The van der Waals surface area contributed by atoms with Crippen LogP contribution in [-0.4, -0.2) is 0 Å². The molecule has 21 heavy (non-hydrogen) atoms. The van der Waals surface area contributed by atoms with Gasteiger partial charge in [0, 0.05) is 0 Å². The van der Waals surface area contributed by atoms with Crippen LogP contribution in [0.15, 0.2) is 36.5 Å². The first-order chi connectivity index (χ1) is 9.08. The maximum atomic E-state index is 4.02. The fourth-order valence-corrected chi connectivity index (χ4v) is 2.80. The lowest BCUT2D eigenvalue weighted by Crippen LogP contribution is -2.37. The number of allylic oxidation sites excluding steroid dienone is 5. The summed E-state index contributed by atoms with van der Waals surface area (Å²) in [5, 5.41) is 0. The summed E-state index contributed by atoms with van der Waals surface area (Å²) in [6.07, 6.45) is 9.09. The zero-order valence-corrected chi connectivity index (χ0v) is 16.0. The number of hydrogen-bond donors (Lipinski definition) is 0. The predicted molar refractivity (Wildman–Crippen MR) is 96.3 cm³/mol. The van der Waals surface area contributed by atoms with E-state index in [2.05, 4.69) is 100 Å². The Morgan fingerprint density at radius 3 is 1.10 bits per heavy atom. The minimum Gasteiger partial charge on any atom is -0.0953 e. The smallest absolute Gasteiger partial charge is 0.00238 e. The summed E-state index contributed by atoms with van der Waals surface area (Å²) in [4.78, 5) is 0. The van der Waals surface area contributed by atoms with E-state index in [1.54, 1.807) is 0 Å². The van der Waals surface area contributed by atoms with Gasteiger partial charge in [0.2, 0.25) is 0 Å². The van der Waals surface area contributed by atoms with Gasteiger partial charge >= 0.3 is 0 Å². The molecule has 2 aliphatic carbocycles. The van der Waals surface area contributed by atoms with Crippen LogP contribution in [0, 0.1) is 27.1 Å². The molecule has 0 aromatic rings. The summed E-state index contributed by atoms with van der Waals surface area (Å²) in [6.45, 7) is 27.0. The Balaban J connectivity index is 0.000000211. The van der Waals surface area contributed by atoms with Crippen molar-refractivity contribution in [1.29, 1.82) is 0 Å². The Kier molecular flexibility index (Phi) is 4.23. The molecule has 0 aromatic heterocycles. The Bertz CT molecular complexity index is 456. The normalized spacial score (nSPS) is 29.1. The van der Waals surface area contributed by atoms with Crippen LogP contribution in [-0.2, 0) is 0 Å². The van der Waals surface area contributed by atoms with Crippen LogP contribution in [0.2, 0.25) is 0 Å². The lowest BCUT2D eigenvalue weighted by Gasteiger charge is -2.44. The first-order valence-corrected chi connectivity index (χ1v) is 8.17. The van der Waals surface area contributed by atoms with E-state index in [0.717, 1.165) is 0 Å². The second kappa shape index (κ2) is 4.86. The third-order valence-electron chi connectivity index (χ3n) is 7.25. The molecule has 0 saturated heterocycles. The van der Waals surface area contributed by atoms with E-state index < -0.39 is 0 Å². The largest absolute Gasteiger partial charge is 0.0953 e. The predicted octanol–water partition coefficient (Wildman–Crippen LogP) is 6.80. The summed E-state index contributed by atoms with van der Waals surface area (Å²) in [5.74, 6) is 0. The number of rotatable bonds is 0. The molecule has 0 spiro atoms. The van der Waals surface area contributed by atoms with Gasteiger partial charge in [0.15, 0.2) is 0 Å². The molecule has 0 radical (unpaired) electrons. The molecule has 2 rings (SSSR count). The molecule has 0 aliphatic heterocycles. The van der Waals surface area contributed by atoms with Gasteiger partial charge in [-0.1, -0.05) is 100 Å². The van der Waals surface area contributed by atoms with Gasteiger partial charge in [-0.2, -0.15) is 0 Å². The lowest BCUT2D eigenvalue weighted by molar-refractivity contribution is 0.0723. The van der Waals surface area contributed by atoms with Crippen molar-refractivity contribution < 1.29 is 0 Å². The summed E-state index contributed by atoms with van der Waals surface area (Å²) in [6, 6.07) is 0. The van der Waals surface area contributed by atoms with E-state index >= 15 is 0 Å². The van der Waals surface area contributed by atoms with Gasteiger partial charge in [-0.3, -0.25) is 0 Å². The van der Waals surface area contributed by atoms with Crippen LogP contribution in [0.25, 0.3) is 0 Å². The highest BCUT2D eigenvalue weighted by molar-refractivity contribution is 5.34. The van der Waals surface area contributed by atoms with Crippen LogP contribution in [0.3, 0.4) is 0 Å². The molecular formula is C21H36. The third kappa shape index (κ3) is 2.79. The highest BCUT2D eigenvalue weighted by Gasteiger charge is 2.49. The van der Waals surface area contributed by atoms with Crippen LogP contribution >= 0.6 is 0 Å². The average Bonchev–Trinajstić information content (AvgIpc) is 2.58. The maximum Gasteiger partial charge on any atom is -0.00238 e. The van der Waals surface area contributed by atoms with Gasteiger partial charge in [0.05, 0.1) is 0 Å². The molecule has 0 heteroatoms. The third-order valence-corrected chi connectivity index (χ3v) is 7.25. The van der Waals surface area contributed by atoms with Crippen molar-refractivity contribution in [1.82, 2.24) is 0 Å². The van der Waals surface area contributed by atoms with Crippen molar-refractivity contribution in [2.45, 2.75) is 69.2 Å². The van der Waals surface area contributed by atoms with Crippen molar-refractivity contribution in [3.8, 4) is 0 Å². The van der Waals surface area contributed by atoms with Gasteiger partial charge in [-0.15, -0.1) is 0 Å². The molecule has 0 saturated carbocycles. The van der Waals surface area contributed by atoms with E-state index in [0.29, 0.717) is 16.2 Å². The summed E-state index contributed by atoms with van der Waals surface area (Å²) < 4.78 is 0. The first kappa shape index (κ1) is 18.3. The molecular weight excluding hydrogens is 252 g/mol. The molecule has 0 bridgehead atoms. The summed E-state index contributed by atoms with van der Waals surface area (Å²) >= 11 is 0. The first-order valence-electron chi connectivity index (χ1n) is 8.17. The van der Waals surface area contributed by atoms with E-state index in [4.69, 9.17) is 0 Å². The van der Waals surface area contributed by atoms with E-state index in [1.807, 2.05) is 0 Å². The van der Waals surface area contributed by atoms with Crippen molar-refractivity contribution in [3.63, 3.8) is 0 Å². The number of hydrogen-bond acceptors (Lipinski definition) is 0. The standard InChI is InChI=1S/C11H20.C10H16/c1-9(2)7-8-10(3,4)11(9,5)6;1-8-6-7-9(2,3)10(8,4)5/h7-8H,1-6H3;6-7H,1H2,2-5H3. The Morgan fingerprint density at radius 2 is 1.00 bits per heavy atom. The quantitative estimate of drug-likeness (QED) is 0.430. The SMILES string of the molecule is C=C1C=CC(C)(C)C1(C)C.CC1(C)C=CC(C)(C)C1(C)C. The van der Waals surface area contributed by atoms with Crippen molar-refractivity contribution >= 4 is 0 Å². The second-order valence-corrected chi connectivity index (χ2v) is 9.61. The van der Waals surface area contributed by atoms with Gasteiger partial charge in [-0.25, -0.2) is 0 Å². The molecule has 2 aliphatic rings. The lowest BCUT2D eigenvalue weighted by atomic mass is 9.60. The second-order valence-electron chi connectivity index (χ2n) is 9.61. The summed E-state index contributed by atoms with van der Waals surface area (Å²) in [7, 11) is 0. The van der Waals surface area contributed by atoms with E-state index in [9.17, 15) is 0 Å². The molecule has 120 valence electrons. The topological polar surface area (TPSA) is 0 Å². The molecule has 0 unspecified atom stereocenters. The average molecular weight is 289 g/mol. The highest BCUT2D eigenvalue weighted by Crippen LogP contribution is 2.57. The van der Waals surface area contributed by atoms with E-state index in [1.165, 1.54) is 5.57 Å². The Hall–Kier alpha value is -0.780. The van der Waals surface area contributed by atoms with E-state index in [-0.39, 0.29) is 10.8 Å². The minimum absolute atomic E-state index is 0.243. The molecule has 0 nitrogen and oxygen atoms in total. The molecule has 0 aromatic carbocycles. The Morgan fingerprint density at radius 1 is 0.619 bits per heavy atom. The van der Waals surface area contributed by atoms with Crippen molar-refractivity contribution in [3.05, 3.63) is 36.5 Å². The summed E-state index contributed by atoms with van der Waals surface area (Å²) in [5.41, 5.74) is 2.84. The zero-order valence-electron chi connectivity index (χ0n) is 16.0. The maximum absolute atomic E-state index is 4.02. The van der Waals surface area contributed by atoms with Gasteiger partial charge in [-0.05, 0) is 32.6 Å². The molecule has 0 atom stereocenters. The Labute approximate surface area is 133 Å². The molecule has 0 fully saturated rings. The minimum atomic E-state index is 0.243. The van der Waals surface area contributed by atoms with Gasteiger partial charge < -0.3 is 0 Å². The molecule has 0 amide bonds.